The Hall–Kier alpha value is -3.19. The Bertz CT molecular complexity index is 919. The number of ether oxygens (including phenoxy) is 1. The zero-order chi connectivity index (χ0) is 18.0. The predicted molar refractivity (Wildman–Crippen MR) is 91.7 cm³/mol. The zero-order valence-corrected chi connectivity index (χ0v) is 13.7. The van der Waals surface area contributed by atoms with E-state index in [0.717, 1.165) is 5.56 Å². The standard InChI is InChI=1S/C17H11ClN2O5/c1-24-12-5-2-10(3-6-12)8-13-16(19-25-17(13)21)11-4-7-14(18)15(9-11)20(22)23/h2-9H,1H3/b13-8+. The Morgan fingerprint density at radius 1 is 1.24 bits per heavy atom. The van der Waals surface area contributed by atoms with Gasteiger partial charge in [-0.05, 0) is 29.8 Å². The number of carbonyl (C=O) groups is 1. The molecule has 2 aromatic rings. The maximum atomic E-state index is 12.0. The minimum Gasteiger partial charge on any atom is -0.497 e. The summed E-state index contributed by atoms with van der Waals surface area (Å²) < 4.78 is 5.09. The van der Waals surface area contributed by atoms with Gasteiger partial charge in [0.2, 0.25) is 0 Å². The Labute approximate surface area is 147 Å². The molecule has 25 heavy (non-hydrogen) atoms. The Kier molecular flexibility index (Phi) is 4.49. The maximum Gasteiger partial charge on any atom is 0.368 e. The van der Waals surface area contributed by atoms with E-state index in [9.17, 15) is 14.9 Å². The van der Waals surface area contributed by atoms with Crippen LogP contribution in [0.5, 0.6) is 5.75 Å². The van der Waals surface area contributed by atoms with Crippen molar-refractivity contribution < 1.29 is 19.3 Å². The molecule has 1 aliphatic heterocycles. The van der Waals surface area contributed by atoms with Gasteiger partial charge < -0.3 is 9.57 Å². The van der Waals surface area contributed by atoms with Crippen LogP contribution >= 0.6 is 11.6 Å². The molecular weight excluding hydrogens is 348 g/mol. The van der Waals surface area contributed by atoms with E-state index in [-0.39, 0.29) is 22.0 Å². The predicted octanol–water partition coefficient (Wildman–Crippen LogP) is 3.60. The SMILES string of the molecule is COc1ccc(/C=C2/C(=O)ON=C2c2ccc(Cl)c([N+](=O)[O-])c2)cc1. The number of nitrogens with zero attached hydrogens (tertiary/aromatic N) is 2. The van der Waals surface area contributed by atoms with Crippen molar-refractivity contribution in [2.45, 2.75) is 0 Å². The minimum atomic E-state index is -0.636. The summed E-state index contributed by atoms with van der Waals surface area (Å²) in [7, 11) is 1.56. The van der Waals surface area contributed by atoms with Gasteiger partial charge in [-0.15, -0.1) is 0 Å². The van der Waals surface area contributed by atoms with Gasteiger partial charge in [0.25, 0.3) is 5.69 Å². The first kappa shape index (κ1) is 16.7. The zero-order valence-electron chi connectivity index (χ0n) is 12.9. The summed E-state index contributed by atoms with van der Waals surface area (Å²) in [6, 6.07) is 11.2. The molecule has 0 amide bonds. The average Bonchev–Trinajstić information content (AvgIpc) is 2.96. The van der Waals surface area contributed by atoms with Crippen molar-refractivity contribution in [2.75, 3.05) is 7.11 Å². The van der Waals surface area contributed by atoms with Gasteiger partial charge in [-0.3, -0.25) is 10.1 Å². The van der Waals surface area contributed by atoms with E-state index in [0.29, 0.717) is 11.3 Å². The van der Waals surface area contributed by atoms with Crippen LogP contribution in [0.4, 0.5) is 5.69 Å². The second-order valence-electron chi connectivity index (χ2n) is 5.07. The Morgan fingerprint density at radius 2 is 1.96 bits per heavy atom. The molecule has 8 heteroatoms. The third kappa shape index (κ3) is 3.36. The number of rotatable bonds is 4. The summed E-state index contributed by atoms with van der Waals surface area (Å²) in [5.41, 5.74) is 1.22. The van der Waals surface area contributed by atoms with E-state index in [1.54, 1.807) is 37.5 Å². The van der Waals surface area contributed by atoms with Crippen LogP contribution in [0.1, 0.15) is 11.1 Å². The highest BCUT2D eigenvalue weighted by Gasteiger charge is 2.28. The molecule has 7 nitrogen and oxygen atoms in total. The summed E-state index contributed by atoms with van der Waals surface area (Å²) in [6.45, 7) is 0. The second kappa shape index (κ2) is 6.74. The Morgan fingerprint density at radius 3 is 2.60 bits per heavy atom. The molecule has 0 spiro atoms. The number of halogens is 1. The molecule has 1 heterocycles. The topological polar surface area (TPSA) is 91.0 Å². The summed E-state index contributed by atoms with van der Waals surface area (Å²) >= 11 is 5.82. The largest absolute Gasteiger partial charge is 0.497 e. The van der Waals surface area contributed by atoms with Crippen LogP contribution < -0.4 is 4.74 Å². The lowest BCUT2D eigenvalue weighted by atomic mass is 10.00. The molecule has 0 unspecified atom stereocenters. The van der Waals surface area contributed by atoms with Crippen LogP contribution in [0.25, 0.3) is 6.08 Å². The lowest BCUT2D eigenvalue weighted by molar-refractivity contribution is -0.384. The molecule has 0 radical (unpaired) electrons. The fourth-order valence-electron chi connectivity index (χ4n) is 2.28. The van der Waals surface area contributed by atoms with E-state index in [4.69, 9.17) is 21.2 Å². The summed E-state index contributed by atoms with van der Waals surface area (Å²) in [5, 5.41) is 14.8. The Balaban J connectivity index is 2.01. The summed E-state index contributed by atoms with van der Waals surface area (Å²) in [5.74, 6) is 0.0433. The van der Waals surface area contributed by atoms with Crippen LogP contribution in [0.15, 0.2) is 53.2 Å². The molecule has 1 aliphatic rings. The van der Waals surface area contributed by atoms with Gasteiger partial charge in [-0.25, -0.2) is 4.79 Å². The average molecular weight is 359 g/mol. The molecule has 0 saturated heterocycles. The smallest absolute Gasteiger partial charge is 0.368 e. The molecule has 0 aliphatic carbocycles. The molecule has 0 N–H and O–H groups in total. The highest BCUT2D eigenvalue weighted by atomic mass is 35.5. The molecule has 2 aromatic carbocycles. The fourth-order valence-corrected chi connectivity index (χ4v) is 2.47. The summed E-state index contributed by atoms with van der Waals surface area (Å²) in [6.07, 6.45) is 1.59. The third-order valence-corrected chi connectivity index (χ3v) is 3.86. The molecule has 0 bridgehead atoms. The molecule has 126 valence electrons. The first-order chi connectivity index (χ1) is 12.0. The monoisotopic (exact) mass is 358 g/mol. The van der Waals surface area contributed by atoms with Gasteiger partial charge in [-0.1, -0.05) is 35.0 Å². The number of benzene rings is 2. The van der Waals surface area contributed by atoms with Crippen LogP contribution in [0.3, 0.4) is 0 Å². The van der Waals surface area contributed by atoms with Crippen LogP contribution in [-0.2, 0) is 9.63 Å². The molecule has 0 atom stereocenters. The second-order valence-corrected chi connectivity index (χ2v) is 5.48. The van der Waals surface area contributed by atoms with Crippen LogP contribution in [0, 0.1) is 10.1 Å². The van der Waals surface area contributed by atoms with Gasteiger partial charge in [0, 0.05) is 11.6 Å². The molecule has 3 rings (SSSR count). The van der Waals surface area contributed by atoms with E-state index in [1.165, 1.54) is 18.2 Å². The number of nitro benzene ring substituents is 1. The highest BCUT2D eigenvalue weighted by molar-refractivity contribution is 6.34. The number of methoxy groups -OCH3 is 1. The lowest BCUT2D eigenvalue weighted by Crippen LogP contribution is -2.07. The number of nitro groups is 1. The van der Waals surface area contributed by atoms with Crippen molar-refractivity contribution >= 4 is 35.0 Å². The van der Waals surface area contributed by atoms with Gasteiger partial charge in [0.05, 0.1) is 17.6 Å². The van der Waals surface area contributed by atoms with Crippen molar-refractivity contribution in [3.05, 3.63) is 74.3 Å². The van der Waals surface area contributed by atoms with Crippen molar-refractivity contribution in [3.63, 3.8) is 0 Å². The number of carbonyl (C=O) groups excluding carboxylic acids is 1. The van der Waals surface area contributed by atoms with Gasteiger partial charge in [-0.2, -0.15) is 0 Å². The van der Waals surface area contributed by atoms with Gasteiger partial charge in [0.1, 0.15) is 16.5 Å². The fraction of sp³-hybridized carbons (Fsp3) is 0.0588. The van der Waals surface area contributed by atoms with E-state index >= 15 is 0 Å². The normalized spacial score (nSPS) is 15.0. The molecule has 0 fully saturated rings. The lowest BCUT2D eigenvalue weighted by Gasteiger charge is -2.03. The number of hydrogen-bond donors (Lipinski definition) is 0. The molecule has 0 aromatic heterocycles. The minimum absolute atomic E-state index is 0.000255. The van der Waals surface area contributed by atoms with Crippen LogP contribution in [-0.4, -0.2) is 23.7 Å². The van der Waals surface area contributed by atoms with Crippen molar-refractivity contribution in [3.8, 4) is 5.75 Å². The molecule has 0 saturated carbocycles. The summed E-state index contributed by atoms with van der Waals surface area (Å²) in [4.78, 5) is 27.2. The maximum absolute atomic E-state index is 12.0. The van der Waals surface area contributed by atoms with E-state index < -0.39 is 10.9 Å². The third-order valence-electron chi connectivity index (χ3n) is 3.54. The number of oxime groups is 1. The van der Waals surface area contributed by atoms with Crippen LogP contribution in [0.2, 0.25) is 5.02 Å². The first-order valence-electron chi connectivity index (χ1n) is 7.09. The van der Waals surface area contributed by atoms with E-state index in [2.05, 4.69) is 5.16 Å². The quantitative estimate of drug-likeness (QED) is 0.360. The molecular formula is C17H11ClN2O5. The highest BCUT2D eigenvalue weighted by Crippen LogP contribution is 2.28. The first-order valence-corrected chi connectivity index (χ1v) is 7.47. The van der Waals surface area contributed by atoms with Crippen molar-refractivity contribution in [1.29, 1.82) is 0 Å². The van der Waals surface area contributed by atoms with Gasteiger partial charge in [0.15, 0.2) is 0 Å². The van der Waals surface area contributed by atoms with Crippen molar-refractivity contribution in [2.24, 2.45) is 5.16 Å². The van der Waals surface area contributed by atoms with E-state index in [1.807, 2.05) is 0 Å². The van der Waals surface area contributed by atoms with Crippen molar-refractivity contribution in [1.82, 2.24) is 0 Å². The number of hydrogen-bond acceptors (Lipinski definition) is 6. The van der Waals surface area contributed by atoms with Gasteiger partial charge >= 0.3 is 5.97 Å².